The van der Waals surface area contributed by atoms with Crippen molar-refractivity contribution in [1.29, 1.82) is 0 Å². The lowest BCUT2D eigenvalue weighted by atomic mass is 9.48. The maximum absolute atomic E-state index is 13.7. The smallest absolute Gasteiger partial charge is 0.306 e. The van der Waals surface area contributed by atoms with Gasteiger partial charge in [-0.1, -0.05) is 143 Å². The molecular formula is C43H74O3. The van der Waals surface area contributed by atoms with Gasteiger partial charge in [0.1, 0.15) is 6.10 Å². The van der Waals surface area contributed by atoms with E-state index in [1.807, 2.05) is 0 Å². The Morgan fingerprint density at radius 2 is 1.43 bits per heavy atom. The third-order valence-corrected chi connectivity index (χ3v) is 13.7. The molecule has 0 unspecified atom stereocenters. The number of rotatable bonds is 20. The second-order valence-electron chi connectivity index (χ2n) is 17.6. The van der Waals surface area contributed by atoms with Crippen molar-refractivity contribution >= 4 is 11.8 Å². The van der Waals surface area contributed by atoms with Crippen molar-refractivity contribution in [2.45, 2.75) is 208 Å². The van der Waals surface area contributed by atoms with E-state index < -0.39 is 0 Å². The van der Waals surface area contributed by atoms with Gasteiger partial charge in [0, 0.05) is 18.4 Å². The second-order valence-corrected chi connectivity index (χ2v) is 17.6. The Morgan fingerprint density at radius 1 is 0.804 bits per heavy atom. The van der Waals surface area contributed by atoms with Crippen LogP contribution in [-0.4, -0.2) is 17.9 Å². The zero-order chi connectivity index (χ0) is 33.2. The first-order chi connectivity index (χ1) is 22.1. The topological polar surface area (TPSA) is 43.4 Å². The van der Waals surface area contributed by atoms with E-state index in [2.05, 4.69) is 41.5 Å². The molecule has 7 atom stereocenters. The first kappa shape index (κ1) is 37.7. The first-order valence-corrected chi connectivity index (χ1v) is 20.6. The lowest BCUT2D eigenvalue weighted by molar-refractivity contribution is -0.155. The van der Waals surface area contributed by atoms with Crippen LogP contribution in [0, 0.1) is 40.4 Å². The van der Waals surface area contributed by atoms with Crippen LogP contribution in [0.3, 0.4) is 0 Å². The molecule has 0 radical (unpaired) electrons. The molecular weight excluding hydrogens is 564 g/mol. The molecule has 3 fully saturated rings. The summed E-state index contributed by atoms with van der Waals surface area (Å²) in [6, 6.07) is 0. The largest absolute Gasteiger partial charge is 0.462 e. The Bertz CT molecular complexity index is 994. The fraction of sp³-hybridized carbons (Fsp3) is 0.907. The third-order valence-electron chi connectivity index (χ3n) is 13.7. The molecule has 0 amide bonds. The van der Waals surface area contributed by atoms with Gasteiger partial charge in [-0.2, -0.15) is 0 Å². The number of carbonyl (C=O) groups excluding carboxylic acids is 2. The van der Waals surface area contributed by atoms with Crippen molar-refractivity contribution < 1.29 is 14.3 Å². The van der Waals surface area contributed by atoms with Crippen molar-refractivity contribution in [3.8, 4) is 0 Å². The van der Waals surface area contributed by atoms with Crippen LogP contribution in [0.2, 0.25) is 0 Å². The molecule has 3 nitrogen and oxygen atoms in total. The van der Waals surface area contributed by atoms with Crippen molar-refractivity contribution in [2.24, 2.45) is 40.4 Å². The van der Waals surface area contributed by atoms with Gasteiger partial charge in [0.05, 0.1) is 0 Å². The summed E-state index contributed by atoms with van der Waals surface area (Å²) in [5, 5.41) is 0. The summed E-state index contributed by atoms with van der Waals surface area (Å²) in [7, 11) is 0. The number of Topliss-reactive ketones (excluding diaryl/α,β-unsaturated/α-hetero) is 1. The Labute approximate surface area is 285 Å². The average Bonchev–Trinajstić information content (AvgIpc) is 3.29. The molecule has 0 aliphatic heterocycles. The van der Waals surface area contributed by atoms with Gasteiger partial charge in [0.25, 0.3) is 0 Å². The molecule has 0 bridgehead atoms. The van der Waals surface area contributed by atoms with Gasteiger partial charge in [-0.05, 0) is 91.8 Å². The van der Waals surface area contributed by atoms with Gasteiger partial charge < -0.3 is 4.74 Å². The lowest BCUT2D eigenvalue weighted by Gasteiger charge is -2.56. The van der Waals surface area contributed by atoms with Crippen LogP contribution in [0.25, 0.3) is 0 Å². The number of allylic oxidation sites excluding steroid dienone is 2. The van der Waals surface area contributed by atoms with Crippen LogP contribution in [-0.2, 0) is 14.3 Å². The molecule has 0 saturated heterocycles. The van der Waals surface area contributed by atoms with Crippen LogP contribution in [0.1, 0.15) is 202 Å². The molecule has 3 heteroatoms. The van der Waals surface area contributed by atoms with E-state index in [9.17, 15) is 9.59 Å². The third kappa shape index (κ3) is 9.52. The summed E-state index contributed by atoms with van der Waals surface area (Å²) >= 11 is 0. The van der Waals surface area contributed by atoms with E-state index >= 15 is 0 Å². The van der Waals surface area contributed by atoms with Crippen LogP contribution < -0.4 is 0 Å². The van der Waals surface area contributed by atoms with Crippen molar-refractivity contribution in [3.63, 3.8) is 0 Å². The minimum atomic E-state index is 0.0360. The van der Waals surface area contributed by atoms with Crippen LogP contribution in [0.15, 0.2) is 11.1 Å². The summed E-state index contributed by atoms with van der Waals surface area (Å²) in [6.07, 6.45) is 30.4. The van der Waals surface area contributed by atoms with E-state index in [1.165, 1.54) is 108 Å². The zero-order valence-electron chi connectivity index (χ0n) is 31.4. The first-order valence-electron chi connectivity index (χ1n) is 20.6. The van der Waals surface area contributed by atoms with Gasteiger partial charge in [0.2, 0.25) is 0 Å². The van der Waals surface area contributed by atoms with Crippen LogP contribution >= 0.6 is 0 Å². The van der Waals surface area contributed by atoms with Gasteiger partial charge in [-0.25, -0.2) is 0 Å². The average molecular weight is 639 g/mol. The molecule has 3 saturated carbocycles. The lowest BCUT2D eigenvalue weighted by Crippen LogP contribution is -2.49. The molecule has 0 heterocycles. The van der Waals surface area contributed by atoms with E-state index in [0.717, 1.165) is 57.3 Å². The number of ketones is 1. The number of hydrogen-bond acceptors (Lipinski definition) is 3. The van der Waals surface area contributed by atoms with E-state index in [4.69, 9.17) is 4.74 Å². The molecule has 0 aromatic carbocycles. The molecule has 264 valence electrons. The van der Waals surface area contributed by atoms with Crippen LogP contribution in [0.5, 0.6) is 0 Å². The van der Waals surface area contributed by atoms with Gasteiger partial charge in [0.15, 0.2) is 5.78 Å². The highest BCUT2D eigenvalue weighted by Gasteiger charge is 2.58. The standard InChI is InChI=1S/C43H74O3/c1-7-8-9-10-11-12-13-14-15-16-17-18-19-23-40(45)46-35-26-28-42(5)34(30-35)24-25-36-37(42)27-29-43(6)38(31-39(44)41(36)43)33(4)22-20-21-32(2)3/h32-35,37-38H,7-31H2,1-6H3/t33-,34+,35+,37+,38-,42+,43-/m1/s1. The minimum absolute atomic E-state index is 0.0360. The van der Waals surface area contributed by atoms with E-state index in [-0.39, 0.29) is 22.9 Å². The fourth-order valence-corrected chi connectivity index (χ4v) is 10.8. The monoisotopic (exact) mass is 639 g/mol. The van der Waals surface area contributed by atoms with Crippen molar-refractivity contribution in [3.05, 3.63) is 11.1 Å². The molecule has 4 rings (SSSR count). The molecule has 46 heavy (non-hydrogen) atoms. The van der Waals surface area contributed by atoms with Gasteiger partial charge in [-0.15, -0.1) is 0 Å². The minimum Gasteiger partial charge on any atom is -0.462 e. The molecule has 0 N–H and O–H groups in total. The highest BCUT2D eigenvalue weighted by atomic mass is 16.5. The van der Waals surface area contributed by atoms with E-state index in [1.54, 1.807) is 5.57 Å². The Kier molecular flexibility index (Phi) is 14.8. The van der Waals surface area contributed by atoms with Gasteiger partial charge in [-0.3, -0.25) is 9.59 Å². The number of fused-ring (bicyclic) bond motifs is 4. The highest BCUT2D eigenvalue weighted by molar-refractivity contribution is 6.00. The number of ether oxygens (including phenoxy) is 1. The maximum Gasteiger partial charge on any atom is 0.306 e. The summed E-state index contributed by atoms with van der Waals surface area (Å²) in [5.41, 5.74) is 3.19. The quantitative estimate of drug-likeness (QED) is 0.0984. The predicted octanol–water partition coefficient (Wildman–Crippen LogP) is 12.7. The fourth-order valence-electron chi connectivity index (χ4n) is 10.8. The SMILES string of the molecule is CCCCCCCCCCCCCCCC(=O)O[C@H]1CC[C@@]2(C)[C@@H](CCC3=C4C(=O)C[C@H]([C@H](C)CCCC(C)C)[C@@]4(C)CC[C@@H]32)C1. The van der Waals surface area contributed by atoms with Crippen molar-refractivity contribution in [2.75, 3.05) is 0 Å². The van der Waals surface area contributed by atoms with Crippen LogP contribution in [0.4, 0.5) is 0 Å². The maximum atomic E-state index is 13.7. The number of esters is 1. The molecule has 0 aromatic rings. The number of hydrogen-bond donors (Lipinski definition) is 0. The molecule has 0 spiro atoms. The van der Waals surface area contributed by atoms with E-state index in [0.29, 0.717) is 35.9 Å². The van der Waals surface area contributed by atoms with Gasteiger partial charge >= 0.3 is 5.97 Å². The number of unbranched alkanes of at least 4 members (excludes halogenated alkanes) is 12. The highest BCUT2D eigenvalue weighted by Crippen LogP contribution is 2.65. The summed E-state index contributed by atoms with van der Waals surface area (Å²) < 4.78 is 6.11. The van der Waals surface area contributed by atoms with Crippen molar-refractivity contribution in [1.82, 2.24) is 0 Å². The summed E-state index contributed by atoms with van der Waals surface area (Å²) in [6.45, 7) is 14.4. The normalized spacial score (nSPS) is 31.5. The Hall–Kier alpha value is -1.12. The zero-order valence-corrected chi connectivity index (χ0v) is 31.4. The second kappa shape index (κ2) is 18.0. The predicted molar refractivity (Wildman–Crippen MR) is 194 cm³/mol. The summed E-state index contributed by atoms with van der Waals surface area (Å²) in [4.78, 5) is 26.5. The Balaban J connectivity index is 1.18. The molecule has 0 aromatic heterocycles. The Morgan fingerprint density at radius 3 is 2.07 bits per heavy atom. The number of carbonyl (C=O) groups is 2. The molecule has 4 aliphatic rings. The summed E-state index contributed by atoms with van der Waals surface area (Å²) in [5.74, 6) is 3.59. The molecule has 4 aliphatic carbocycles.